The average Bonchev–Trinajstić information content (AvgIpc) is 3.06. The van der Waals surface area contributed by atoms with Gasteiger partial charge in [0.2, 0.25) is 0 Å². The number of benzene rings is 2. The number of ether oxygens (including phenoxy) is 1. The molecule has 152 valence electrons. The fourth-order valence-corrected chi connectivity index (χ4v) is 3.82. The number of fused-ring (bicyclic) bond motifs is 1. The van der Waals surface area contributed by atoms with Crippen LogP contribution in [0.15, 0.2) is 41.4 Å². The van der Waals surface area contributed by atoms with Gasteiger partial charge in [-0.05, 0) is 19.1 Å². The van der Waals surface area contributed by atoms with Crippen LogP contribution in [0.25, 0.3) is 10.2 Å². The molecule has 0 saturated heterocycles. The number of hydrogen-bond donors (Lipinski definition) is 0. The molecule has 0 spiro atoms. The first-order chi connectivity index (χ1) is 14.3. The number of carbonyl (C=O) groups is 1. The Bertz CT molecular complexity index is 1250. The maximum absolute atomic E-state index is 12.7. The molecule has 0 atom stereocenters. The van der Waals surface area contributed by atoms with Crippen LogP contribution >= 0.6 is 11.3 Å². The van der Waals surface area contributed by atoms with Crippen LogP contribution in [0.3, 0.4) is 0 Å². The Kier molecular flexibility index (Phi) is 5.89. The number of carbonyl (C=O) groups excluding carboxylic acids is 1. The first kappa shape index (κ1) is 20.7. The van der Waals surface area contributed by atoms with Crippen LogP contribution in [0, 0.1) is 32.6 Å². The Morgan fingerprint density at radius 1 is 1.23 bits per heavy atom. The molecule has 10 nitrogen and oxygen atoms in total. The molecule has 0 unspecified atom stereocenters. The number of para-hydroxylation sites is 1. The van der Waals surface area contributed by atoms with Gasteiger partial charge in [0.25, 0.3) is 17.3 Å². The highest BCUT2D eigenvalue weighted by atomic mass is 32.1. The summed E-state index contributed by atoms with van der Waals surface area (Å²) in [5, 5.41) is 22.1. The van der Waals surface area contributed by atoms with Gasteiger partial charge in [0.1, 0.15) is 11.3 Å². The molecule has 0 aliphatic rings. The van der Waals surface area contributed by atoms with Crippen LogP contribution in [-0.2, 0) is 6.54 Å². The summed E-state index contributed by atoms with van der Waals surface area (Å²) in [5.74, 6) is 2.20. The lowest BCUT2D eigenvalue weighted by Gasteiger charge is -2.07. The molecule has 0 N–H and O–H groups in total. The second kappa shape index (κ2) is 8.54. The van der Waals surface area contributed by atoms with E-state index in [4.69, 9.17) is 11.2 Å². The lowest BCUT2D eigenvalue weighted by molar-refractivity contribution is -0.394. The monoisotopic (exact) mass is 426 g/mol. The molecule has 1 amide bonds. The van der Waals surface area contributed by atoms with E-state index in [1.54, 1.807) is 16.7 Å². The minimum absolute atomic E-state index is 0.102. The van der Waals surface area contributed by atoms with E-state index < -0.39 is 27.1 Å². The third-order valence-electron chi connectivity index (χ3n) is 3.98. The van der Waals surface area contributed by atoms with Gasteiger partial charge in [0.05, 0.1) is 39.3 Å². The smallest absolute Gasteiger partial charge is 0.280 e. The van der Waals surface area contributed by atoms with Crippen molar-refractivity contribution in [1.29, 1.82) is 0 Å². The molecule has 1 aromatic heterocycles. The van der Waals surface area contributed by atoms with Gasteiger partial charge in [-0.3, -0.25) is 25.0 Å². The van der Waals surface area contributed by atoms with E-state index >= 15 is 0 Å². The number of aromatic nitrogens is 1. The van der Waals surface area contributed by atoms with Gasteiger partial charge in [0.15, 0.2) is 4.80 Å². The van der Waals surface area contributed by atoms with Gasteiger partial charge in [-0.2, -0.15) is 4.99 Å². The number of non-ortho nitro benzene ring substituents is 2. The van der Waals surface area contributed by atoms with Crippen LogP contribution in [0.4, 0.5) is 11.4 Å². The van der Waals surface area contributed by atoms with Gasteiger partial charge in [-0.15, -0.1) is 6.42 Å². The van der Waals surface area contributed by atoms with Gasteiger partial charge < -0.3 is 9.30 Å². The van der Waals surface area contributed by atoms with Gasteiger partial charge >= 0.3 is 0 Å². The summed E-state index contributed by atoms with van der Waals surface area (Å²) in [6.07, 6.45) is 5.47. The van der Waals surface area contributed by atoms with Crippen LogP contribution in [0.1, 0.15) is 17.3 Å². The standard InChI is InChI=1S/C19H14N4O6S/c1-3-8-21-17-15(29-4-2)6-5-7-16(17)30-19(21)20-18(24)12-9-13(22(25)26)11-14(10-12)23(27)28/h1,5-7,9-11H,4,8H2,2H3. The maximum atomic E-state index is 12.7. The van der Waals surface area contributed by atoms with Crippen molar-refractivity contribution in [2.75, 3.05) is 6.61 Å². The van der Waals surface area contributed by atoms with Gasteiger partial charge in [-0.25, -0.2) is 0 Å². The second-order valence-corrected chi connectivity index (χ2v) is 6.89. The van der Waals surface area contributed by atoms with Crippen LogP contribution in [-0.4, -0.2) is 26.9 Å². The van der Waals surface area contributed by atoms with E-state index in [1.165, 1.54) is 11.3 Å². The molecule has 0 bridgehead atoms. The summed E-state index contributed by atoms with van der Waals surface area (Å²) >= 11 is 1.18. The van der Waals surface area contributed by atoms with E-state index in [-0.39, 0.29) is 16.9 Å². The van der Waals surface area contributed by atoms with Crippen molar-refractivity contribution in [3.8, 4) is 18.1 Å². The molecule has 1 heterocycles. The Balaban J connectivity index is 2.20. The van der Waals surface area contributed by atoms with E-state index in [0.29, 0.717) is 17.9 Å². The molecule has 3 rings (SSSR count). The summed E-state index contributed by atoms with van der Waals surface area (Å²) in [7, 11) is 0. The minimum Gasteiger partial charge on any atom is -0.492 e. The predicted molar refractivity (Wildman–Crippen MR) is 109 cm³/mol. The zero-order valence-corrected chi connectivity index (χ0v) is 16.4. The summed E-state index contributed by atoms with van der Waals surface area (Å²) in [6, 6.07) is 8.05. The highest BCUT2D eigenvalue weighted by molar-refractivity contribution is 7.16. The van der Waals surface area contributed by atoms with E-state index in [0.717, 1.165) is 22.9 Å². The molecule has 2 aromatic carbocycles. The van der Waals surface area contributed by atoms with E-state index in [9.17, 15) is 25.0 Å². The zero-order chi connectivity index (χ0) is 21.8. The minimum atomic E-state index is -0.864. The molecule has 0 aliphatic carbocycles. The number of hydrogen-bond acceptors (Lipinski definition) is 7. The van der Waals surface area contributed by atoms with E-state index in [1.807, 2.05) is 13.0 Å². The van der Waals surface area contributed by atoms with Crippen molar-refractivity contribution in [2.24, 2.45) is 4.99 Å². The number of nitro groups is 2. The van der Waals surface area contributed by atoms with Gasteiger partial charge in [0, 0.05) is 12.1 Å². The summed E-state index contributed by atoms with van der Waals surface area (Å²) < 4.78 is 8.02. The molecular weight excluding hydrogens is 412 g/mol. The third-order valence-corrected chi connectivity index (χ3v) is 5.03. The van der Waals surface area contributed by atoms with Crippen molar-refractivity contribution in [3.63, 3.8) is 0 Å². The Morgan fingerprint density at radius 2 is 1.90 bits per heavy atom. The highest BCUT2D eigenvalue weighted by Crippen LogP contribution is 2.28. The molecule has 0 radical (unpaired) electrons. The van der Waals surface area contributed by atoms with Crippen LogP contribution in [0.2, 0.25) is 0 Å². The largest absolute Gasteiger partial charge is 0.492 e. The normalized spacial score (nSPS) is 11.3. The summed E-state index contributed by atoms with van der Waals surface area (Å²) in [6.45, 7) is 2.36. The number of nitro benzene ring substituents is 2. The number of thiazole rings is 1. The average molecular weight is 426 g/mol. The van der Waals surface area contributed by atoms with Crippen molar-refractivity contribution in [2.45, 2.75) is 13.5 Å². The first-order valence-electron chi connectivity index (χ1n) is 8.57. The SMILES string of the molecule is C#CCn1c(=NC(=O)c2cc([N+](=O)[O-])cc([N+](=O)[O-])c2)sc2cccc(OCC)c21. The molecule has 0 fully saturated rings. The number of terminal acetylenes is 1. The zero-order valence-electron chi connectivity index (χ0n) is 15.6. The molecular formula is C19H14N4O6S. The topological polar surface area (TPSA) is 130 Å². The van der Waals surface area contributed by atoms with Crippen molar-refractivity contribution in [3.05, 3.63) is 67.0 Å². The summed E-state index contributed by atoms with van der Waals surface area (Å²) in [4.78, 5) is 37.5. The Hall–Kier alpha value is -4.04. The molecule has 3 aromatic rings. The quantitative estimate of drug-likeness (QED) is 0.338. The maximum Gasteiger partial charge on any atom is 0.280 e. The lowest BCUT2D eigenvalue weighted by atomic mass is 10.1. The highest BCUT2D eigenvalue weighted by Gasteiger charge is 2.20. The molecule has 11 heteroatoms. The second-order valence-electron chi connectivity index (χ2n) is 5.88. The van der Waals surface area contributed by atoms with E-state index in [2.05, 4.69) is 10.9 Å². The fraction of sp³-hybridized carbons (Fsp3) is 0.158. The summed E-state index contributed by atoms with van der Waals surface area (Å²) in [5.41, 5.74) is -0.757. The Labute approximate surface area is 173 Å². The molecule has 30 heavy (non-hydrogen) atoms. The number of amides is 1. The third kappa shape index (κ3) is 4.03. The Morgan fingerprint density at radius 3 is 2.47 bits per heavy atom. The fourth-order valence-electron chi connectivity index (χ4n) is 2.77. The predicted octanol–water partition coefficient (Wildman–Crippen LogP) is 3.29. The first-order valence-corrected chi connectivity index (χ1v) is 9.39. The molecule has 0 saturated carbocycles. The lowest BCUT2D eigenvalue weighted by Crippen LogP contribution is -2.17. The number of nitrogens with zero attached hydrogens (tertiary/aromatic N) is 4. The number of rotatable bonds is 6. The van der Waals surface area contributed by atoms with Crippen molar-refractivity contribution >= 4 is 38.8 Å². The van der Waals surface area contributed by atoms with Crippen molar-refractivity contribution < 1.29 is 19.4 Å². The van der Waals surface area contributed by atoms with Crippen molar-refractivity contribution in [1.82, 2.24) is 4.57 Å². The van der Waals surface area contributed by atoms with Crippen LogP contribution in [0.5, 0.6) is 5.75 Å². The molecule has 0 aliphatic heterocycles. The van der Waals surface area contributed by atoms with Crippen LogP contribution < -0.4 is 9.54 Å². The van der Waals surface area contributed by atoms with Gasteiger partial charge in [-0.1, -0.05) is 23.3 Å².